The van der Waals surface area contributed by atoms with Crippen LogP contribution in [0.1, 0.15) is 24.0 Å². The van der Waals surface area contributed by atoms with Crippen LogP contribution in [0.4, 0.5) is 0 Å². The van der Waals surface area contributed by atoms with Gasteiger partial charge in [-0.2, -0.15) is 4.68 Å². The number of benzene rings is 1. The monoisotopic (exact) mass is 490 g/mol. The van der Waals surface area contributed by atoms with E-state index < -0.39 is 0 Å². The van der Waals surface area contributed by atoms with E-state index in [1.54, 1.807) is 33.8 Å². The van der Waals surface area contributed by atoms with Crippen LogP contribution >= 0.6 is 23.2 Å². The highest BCUT2D eigenvalue weighted by atomic mass is 35.5. The minimum Gasteiger partial charge on any atom is -0.331 e. The maximum absolute atomic E-state index is 13.3. The maximum atomic E-state index is 13.3. The smallest absolute Gasteiger partial charge is 0.252 e. The molecule has 1 aliphatic heterocycles. The van der Waals surface area contributed by atoms with Crippen molar-refractivity contribution in [2.45, 2.75) is 18.9 Å². The molecule has 4 aromatic heterocycles. The SMILES string of the molecule is O=c1cc(-c2cc(Cl)ccc2-n2cnnn2)cc2n1[C@H](c1nc(-c3cccnc3)c(Cl)[nH]1)CC2. The molecule has 0 saturated heterocycles. The number of rotatable bonds is 4. The molecular weight excluding hydrogens is 475 g/mol. The molecule has 168 valence electrons. The van der Waals surface area contributed by atoms with Gasteiger partial charge in [0.2, 0.25) is 0 Å². The third kappa shape index (κ3) is 3.49. The second-order valence-electron chi connectivity index (χ2n) is 7.94. The molecule has 0 radical (unpaired) electrons. The number of halogens is 2. The Hall–Kier alpha value is -3.82. The number of pyridine rings is 2. The predicted molar refractivity (Wildman–Crippen MR) is 127 cm³/mol. The van der Waals surface area contributed by atoms with Gasteiger partial charge in [-0.1, -0.05) is 23.2 Å². The van der Waals surface area contributed by atoms with Gasteiger partial charge in [-0.15, -0.1) is 5.10 Å². The number of nitrogens with zero attached hydrogens (tertiary/aromatic N) is 7. The van der Waals surface area contributed by atoms with Crippen LogP contribution in [0, 0.1) is 0 Å². The minimum absolute atomic E-state index is 0.131. The van der Waals surface area contributed by atoms with Crippen molar-refractivity contribution in [1.82, 2.24) is 39.7 Å². The van der Waals surface area contributed by atoms with E-state index in [4.69, 9.17) is 28.2 Å². The van der Waals surface area contributed by atoms with Crippen molar-refractivity contribution >= 4 is 23.2 Å². The largest absolute Gasteiger partial charge is 0.331 e. The molecule has 5 heterocycles. The average molecular weight is 491 g/mol. The van der Waals surface area contributed by atoms with Crippen LogP contribution in [0.2, 0.25) is 10.2 Å². The van der Waals surface area contributed by atoms with Crippen LogP contribution in [0.15, 0.2) is 66.0 Å². The Morgan fingerprint density at radius 1 is 1.09 bits per heavy atom. The summed E-state index contributed by atoms with van der Waals surface area (Å²) in [5.41, 5.74) is 4.45. The van der Waals surface area contributed by atoms with E-state index in [0.29, 0.717) is 21.7 Å². The number of hydrogen-bond acceptors (Lipinski definition) is 6. The Kier molecular flexibility index (Phi) is 5.00. The Morgan fingerprint density at radius 2 is 2.00 bits per heavy atom. The summed E-state index contributed by atoms with van der Waals surface area (Å²) in [5.74, 6) is 0.648. The molecule has 0 spiro atoms. The molecular formula is C23H16Cl2N8O. The van der Waals surface area contributed by atoms with Gasteiger partial charge in [-0.3, -0.25) is 9.78 Å². The number of aromatic amines is 1. The van der Waals surface area contributed by atoms with Crippen molar-refractivity contribution in [3.05, 3.63) is 93.2 Å². The van der Waals surface area contributed by atoms with Gasteiger partial charge >= 0.3 is 0 Å². The van der Waals surface area contributed by atoms with Crippen LogP contribution in [0.5, 0.6) is 0 Å². The molecule has 0 aliphatic carbocycles. The normalized spacial score (nSPS) is 14.9. The van der Waals surface area contributed by atoms with Gasteiger partial charge in [-0.25, -0.2) is 4.98 Å². The molecule has 11 heteroatoms. The lowest BCUT2D eigenvalue weighted by atomic mass is 10.0. The third-order valence-corrected chi connectivity index (χ3v) is 6.44. The lowest BCUT2D eigenvalue weighted by molar-refractivity contribution is 0.572. The van der Waals surface area contributed by atoms with Crippen molar-refractivity contribution in [3.8, 4) is 28.1 Å². The molecule has 1 N–H and O–H groups in total. The summed E-state index contributed by atoms with van der Waals surface area (Å²) in [6.07, 6.45) is 6.35. The first-order valence-corrected chi connectivity index (χ1v) is 11.3. The van der Waals surface area contributed by atoms with Gasteiger partial charge in [-0.05, 0) is 65.2 Å². The summed E-state index contributed by atoms with van der Waals surface area (Å²) >= 11 is 12.7. The summed E-state index contributed by atoms with van der Waals surface area (Å²) in [7, 11) is 0. The highest BCUT2D eigenvalue weighted by Crippen LogP contribution is 2.35. The quantitative estimate of drug-likeness (QED) is 0.406. The molecule has 0 unspecified atom stereocenters. The van der Waals surface area contributed by atoms with Crippen molar-refractivity contribution < 1.29 is 0 Å². The molecule has 0 amide bonds. The molecule has 0 saturated carbocycles. The van der Waals surface area contributed by atoms with E-state index in [1.807, 2.05) is 30.3 Å². The summed E-state index contributed by atoms with van der Waals surface area (Å²) in [5, 5.41) is 12.4. The predicted octanol–water partition coefficient (Wildman–Crippen LogP) is 4.12. The number of tetrazole rings is 1. The Labute approximate surface area is 203 Å². The summed E-state index contributed by atoms with van der Waals surface area (Å²) in [4.78, 5) is 25.3. The maximum Gasteiger partial charge on any atom is 0.252 e. The van der Waals surface area contributed by atoms with E-state index in [1.165, 1.54) is 6.33 Å². The fourth-order valence-electron chi connectivity index (χ4n) is 4.44. The van der Waals surface area contributed by atoms with Crippen LogP contribution < -0.4 is 5.56 Å². The minimum atomic E-state index is -0.238. The molecule has 1 aromatic carbocycles. The Bertz CT molecular complexity index is 1560. The standard InChI is InChI=1S/C23H16Cl2N8O/c24-15-3-5-18(32-12-27-30-31-32)17(10-15)14-8-16-4-6-19(33(16)20(34)9-14)23-28-21(22(25)29-23)13-2-1-7-26-11-13/h1-3,5,7-12,19H,4,6H2,(H,28,29)/t19-/m0/s1. The van der Waals surface area contributed by atoms with Gasteiger partial charge < -0.3 is 9.55 Å². The zero-order valence-electron chi connectivity index (χ0n) is 17.6. The van der Waals surface area contributed by atoms with E-state index in [0.717, 1.165) is 40.9 Å². The zero-order chi connectivity index (χ0) is 23.2. The lowest BCUT2D eigenvalue weighted by Crippen LogP contribution is -2.24. The highest BCUT2D eigenvalue weighted by Gasteiger charge is 2.29. The number of fused-ring (bicyclic) bond motifs is 1. The fourth-order valence-corrected chi connectivity index (χ4v) is 4.86. The topological polar surface area (TPSA) is 107 Å². The zero-order valence-corrected chi connectivity index (χ0v) is 19.1. The number of H-pyrrole nitrogens is 1. The molecule has 34 heavy (non-hydrogen) atoms. The molecule has 5 aromatic rings. The average Bonchev–Trinajstić information content (AvgIpc) is 3.59. The molecule has 0 bridgehead atoms. The molecule has 9 nitrogen and oxygen atoms in total. The van der Waals surface area contributed by atoms with Crippen molar-refractivity contribution in [2.75, 3.05) is 0 Å². The molecule has 0 fully saturated rings. The number of aromatic nitrogens is 8. The highest BCUT2D eigenvalue weighted by molar-refractivity contribution is 6.32. The second kappa shape index (κ2) is 8.19. The van der Waals surface area contributed by atoms with Crippen LogP contribution in [-0.2, 0) is 6.42 Å². The third-order valence-electron chi connectivity index (χ3n) is 5.93. The molecule has 6 rings (SSSR count). The van der Waals surface area contributed by atoms with Crippen LogP contribution in [-0.4, -0.2) is 39.7 Å². The fraction of sp³-hybridized carbons (Fsp3) is 0.130. The summed E-state index contributed by atoms with van der Waals surface area (Å²) < 4.78 is 3.32. The van der Waals surface area contributed by atoms with Gasteiger partial charge in [0.25, 0.3) is 5.56 Å². The Balaban J connectivity index is 1.42. The first kappa shape index (κ1) is 20.8. The van der Waals surface area contributed by atoms with Crippen LogP contribution in [0.25, 0.3) is 28.1 Å². The van der Waals surface area contributed by atoms with Gasteiger partial charge in [0.1, 0.15) is 23.0 Å². The number of hydrogen-bond donors (Lipinski definition) is 1. The van der Waals surface area contributed by atoms with Gasteiger partial charge in [0, 0.05) is 40.3 Å². The first-order chi connectivity index (χ1) is 16.6. The number of aryl methyl sites for hydroxylation is 1. The van der Waals surface area contributed by atoms with E-state index >= 15 is 0 Å². The number of imidazole rings is 1. The van der Waals surface area contributed by atoms with E-state index in [-0.39, 0.29) is 11.6 Å². The first-order valence-electron chi connectivity index (χ1n) is 10.5. The summed E-state index contributed by atoms with van der Waals surface area (Å²) in [6, 6.07) is 12.5. The van der Waals surface area contributed by atoms with E-state index in [9.17, 15) is 4.79 Å². The Morgan fingerprint density at radius 3 is 2.79 bits per heavy atom. The molecule has 1 atom stereocenters. The van der Waals surface area contributed by atoms with Gasteiger partial charge in [0.15, 0.2) is 0 Å². The second-order valence-corrected chi connectivity index (χ2v) is 8.75. The van der Waals surface area contributed by atoms with E-state index in [2.05, 4.69) is 25.5 Å². The number of nitrogens with one attached hydrogen (secondary N) is 1. The van der Waals surface area contributed by atoms with Crippen molar-refractivity contribution in [2.24, 2.45) is 0 Å². The summed E-state index contributed by atoms with van der Waals surface area (Å²) in [6.45, 7) is 0. The van der Waals surface area contributed by atoms with Crippen molar-refractivity contribution in [1.29, 1.82) is 0 Å². The van der Waals surface area contributed by atoms with Gasteiger partial charge in [0.05, 0.1) is 11.7 Å². The lowest BCUT2D eigenvalue weighted by Gasteiger charge is -2.15. The van der Waals surface area contributed by atoms with Crippen LogP contribution in [0.3, 0.4) is 0 Å². The van der Waals surface area contributed by atoms with Crippen molar-refractivity contribution in [3.63, 3.8) is 0 Å². The molecule has 1 aliphatic rings.